The molecule has 0 aliphatic carbocycles. The SMILES string of the molecule is C=CC(=O)NCCCC[C@H](CC(=O)OCc1c(F)cccc1F)C(=O)O. The van der Waals surface area contributed by atoms with Crippen molar-refractivity contribution in [2.24, 2.45) is 5.92 Å². The summed E-state index contributed by atoms with van der Waals surface area (Å²) in [4.78, 5) is 34.0. The molecular formula is C18H21F2NO5. The highest BCUT2D eigenvalue weighted by atomic mass is 19.1. The van der Waals surface area contributed by atoms with Crippen LogP contribution in [-0.2, 0) is 25.7 Å². The zero-order chi connectivity index (χ0) is 19.5. The van der Waals surface area contributed by atoms with Crippen LogP contribution in [0.2, 0.25) is 0 Å². The molecule has 0 saturated heterocycles. The van der Waals surface area contributed by atoms with E-state index in [-0.39, 0.29) is 17.9 Å². The minimum Gasteiger partial charge on any atom is -0.481 e. The molecule has 1 rings (SSSR count). The van der Waals surface area contributed by atoms with Gasteiger partial charge in [0.2, 0.25) is 5.91 Å². The summed E-state index contributed by atoms with van der Waals surface area (Å²) in [7, 11) is 0. The molecule has 0 radical (unpaired) electrons. The number of unbranched alkanes of at least 4 members (excludes halogenated alkanes) is 1. The van der Waals surface area contributed by atoms with Gasteiger partial charge in [-0.25, -0.2) is 8.78 Å². The van der Waals surface area contributed by atoms with Gasteiger partial charge >= 0.3 is 11.9 Å². The highest BCUT2D eigenvalue weighted by molar-refractivity contribution is 5.86. The molecule has 0 spiro atoms. The van der Waals surface area contributed by atoms with Crippen molar-refractivity contribution in [3.63, 3.8) is 0 Å². The van der Waals surface area contributed by atoms with E-state index < -0.39 is 42.5 Å². The van der Waals surface area contributed by atoms with E-state index in [1.165, 1.54) is 6.07 Å². The second-order valence-electron chi connectivity index (χ2n) is 5.59. The monoisotopic (exact) mass is 369 g/mol. The molecule has 1 aromatic rings. The van der Waals surface area contributed by atoms with Crippen LogP contribution in [0.25, 0.3) is 0 Å². The van der Waals surface area contributed by atoms with Gasteiger partial charge in [0.15, 0.2) is 0 Å². The van der Waals surface area contributed by atoms with Gasteiger partial charge in [-0.05, 0) is 31.1 Å². The summed E-state index contributed by atoms with van der Waals surface area (Å²) >= 11 is 0. The van der Waals surface area contributed by atoms with Crippen LogP contribution in [0.1, 0.15) is 31.2 Å². The number of amides is 1. The molecule has 1 atom stereocenters. The Balaban J connectivity index is 2.41. The molecule has 0 unspecified atom stereocenters. The van der Waals surface area contributed by atoms with E-state index in [0.717, 1.165) is 18.2 Å². The van der Waals surface area contributed by atoms with Crippen molar-refractivity contribution in [3.8, 4) is 0 Å². The van der Waals surface area contributed by atoms with Crippen LogP contribution in [0.15, 0.2) is 30.9 Å². The van der Waals surface area contributed by atoms with E-state index in [0.29, 0.717) is 19.4 Å². The largest absolute Gasteiger partial charge is 0.481 e. The van der Waals surface area contributed by atoms with Crippen LogP contribution < -0.4 is 5.32 Å². The fourth-order valence-electron chi connectivity index (χ4n) is 2.20. The van der Waals surface area contributed by atoms with Gasteiger partial charge in [0.1, 0.15) is 18.2 Å². The van der Waals surface area contributed by atoms with Gasteiger partial charge in [0, 0.05) is 6.54 Å². The van der Waals surface area contributed by atoms with Crippen molar-refractivity contribution < 1.29 is 33.0 Å². The Bertz CT molecular complexity index is 643. The van der Waals surface area contributed by atoms with Crippen molar-refractivity contribution in [1.82, 2.24) is 5.32 Å². The van der Waals surface area contributed by atoms with E-state index in [1.54, 1.807) is 0 Å². The van der Waals surface area contributed by atoms with E-state index >= 15 is 0 Å². The van der Waals surface area contributed by atoms with Crippen molar-refractivity contribution in [1.29, 1.82) is 0 Å². The maximum Gasteiger partial charge on any atom is 0.307 e. The van der Waals surface area contributed by atoms with Crippen molar-refractivity contribution >= 4 is 17.8 Å². The minimum absolute atomic E-state index is 0.211. The second kappa shape index (κ2) is 11.0. The third-order valence-corrected chi connectivity index (χ3v) is 3.67. The third-order valence-electron chi connectivity index (χ3n) is 3.67. The fourth-order valence-corrected chi connectivity index (χ4v) is 2.20. The normalized spacial score (nSPS) is 11.5. The van der Waals surface area contributed by atoms with Crippen molar-refractivity contribution in [3.05, 3.63) is 48.1 Å². The van der Waals surface area contributed by atoms with E-state index in [2.05, 4.69) is 11.9 Å². The lowest BCUT2D eigenvalue weighted by Crippen LogP contribution is -2.23. The second-order valence-corrected chi connectivity index (χ2v) is 5.59. The maximum absolute atomic E-state index is 13.5. The number of carboxylic acids is 1. The average Bonchev–Trinajstić information content (AvgIpc) is 2.59. The Labute approximate surface area is 149 Å². The van der Waals surface area contributed by atoms with Gasteiger partial charge in [-0.2, -0.15) is 0 Å². The van der Waals surface area contributed by atoms with Gasteiger partial charge in [-0.15, -0.1) is 0 Å². The van der Waals surface area contributed by atoms with E-state index in [9.17, 15) is 23.2 Å². The summed E-state index contributed by atoms with van der Waals surface area (Å²) in [5.41, 5.74) is -0.384. The molecule has 8 heteroatoms. The van der Waals surface area contributed by atoms with Gasteiger partial charge in [0.05, 0.1) is 17.9 Å². The summed E-state index contributed by atoms with van der Waals surface area (Å²) in [6, 6.07) is 3.27. The fraction of sp³-hybridized carbons (Fsp3) is 0.389. The molecule has 1 amide bonds. The number of carbonyl (C=O) groups is 3. The summed E-state index contributed by atoms with van der Waals surface area (Å²) < 4.78 is 31.7. The van der Waals surface area contributed by atoms with Crippen LogP contribution >= 0.6 is 0 Å². The van der Waals surface area contributed by atoms with Gasteiger partial charge in [0.25, 0.3) is 0 Å². The van der Waals surface area contributed by atoms with Gasteiger partial charge in [-0.3, -0.25) is 14.4 Å². The zero-order valence-corrected chi connectivity index (χ0v) is 14.2. The number of esters is 1. The zero-order valence-electron chi connectivity index (χ0n) is 14.2. The quantitative estimate of drug-likeness (QED) is 0.355. The molecule has 0 fully saturated rings. The highest BCUT2D eigenvalue weighted by Crippen LogP contribution is 2.17. The summed E-state index contributed by atoms with van der Waals surface area (Å²) in [6.45, 7) is 3.07. The first kappa shape index (κ1) is 21.3. The van der Waals surface area contributed by atoms with Crippen LogP contribution in [0.5, 0.6) is 0 Å². The van der Waals surface area contributed by atoms with Crippen LogP contribution in [0, 0.1) is 17.6 Å². The molecule has 1 aromatic carbocycles. The third kappa shape index (κ3) is 7.42. The first-order valence-corrected chi connectivity index (χ1v) is 8.06. The minimum atomic E-state index is -1.16. The lowest BCUT2D eigenvalue weighted by atomic mass is 9.98. The number of rotatable bonds is 11. The smallest absolute Gasteiger partial charge is 0.307 e. The number of nitrogens with one attached hydrogen (secondary N) is 1. The predicted octanol–water partition coefficient (Wildman–Crippen LogP) is 2.57. The topological polar surface area (TPSA) is 92.7 Å². The molecule has 0 aliphatic heterocycles. The molecule has 0 heterocycles. The standard InChI is InChI=1S/C18H21F2NO5/c1-2-16(22)21-9-4-3-6-12(18(24)25)10-17(23)26-11-13-14(19)7-5-8-15(13)20/h2,5,7-8,12H,1,3-4,6,9-11H2,(H,21,22)(H,24,25)/t12-/m1/s1. The Morgan fingerprint density at radius 1 is 1.23 bits per heavy atom. The molecule has 2 N–H and O–H groups in total. The number of hydrogen-bond acceptors (Lipinski definition) is 4. The first-order valence-electron chi connectivity index (χ1n) is 8.06. The van der Waals surface area contributed by atoms with Crippen LogP contribution in [0.3, 0.4) is 0 Å². The molecular weight excluding hydrogens is 348 g/mol. The molecule has 0 bridgehead atoms. The Morgan fingerprint density at radius 3 is 2.46 bits per heavy atom. The molecule has 0 saturated carbocycles. The Kier molecular flexibility index (Phi) is 8.97. The Hall–Kier alpha value is -2.77. The maximum atomic E-state index is 13.5. The van der Waals surface area contributed by atoms with Gasteiger partial charge < -0.3 is 15.2 Å². The molecule has 0 aromatic heterocycles. The molecule has 26 heavy (non-hydrogen) atoms. The van der Waals surface area contributed by atoms with Crippen molar-refractivity contribution in [2.75, 3.05) is 6.54 Å². The van der Waals surface area contributed by atoms with Crippen LogP contribution in [0.4, 0.5) is 8.78 Å². The lowest BCUT2D eigenvalue weighted by Gasteiger charge is -2.12. The molecule has 6 nitrogen and oxygen atoms in total. The average molecular weight is 369 g/mol. The number of hydrogen-bond donors (Lipinski definition) is 2. The Morgan fingerprint density at radius 2 is 1.88 bits per heavy atom. The van der Waals surface area contributed by atoms with Crippen molar-refractivity contribution in [2.45, 2.75) is 32.3 Å². The van der Waals surface area contributed by atoms with Gasteiger partial charge in [-0.1, -0.05) is 19.1 Å². The number of halogens is 2. The predicted molar refractivity (Wildman–Crippen MR) is 89.0 cm³/mol. The molecule has 0 aliphatic rings. The number of carboxylic acid groups (broad SMARTS) is 1. The summed E-state index contributed by atoms with van der Waals surface area (Å²) in [6.07, 6.45) is 1.96. The first-order chi connectivity index (χ1) is 12.3. The van der Waals surface area contributed by atoms with E-state index in [1.807, 2.05) is 0 Å². The van der Waals surface area contributed by atoms with E-state index in [4.69, 9.17) is 9.84 Å². The highest BCUT2D eigenvalue weighted by Gasteiger charge is 2.22. The number of benzene rings is 1. The summed E-state index contributed by atoms with van der Waals surface area (Å²) in [5.74, 6) is -4.97. The van der Waals surface area contributed by atoms with Crippen LogP contribution in [-0.4, -0.2) is 29.5 Å². The molecule has 142 valence electrons. The number of aliphatic carboxylic acids is 1. The summed E-state index contributed by atoms with van der Waals surface area (Å²) in [5, 5.41) is 11.7. The number of ether oxygens (including phenoxy) is 1. The lowest BCUT2D eigenvalue weighted by molar-refractivity contribution is -0.152. The number of carbonyl (C=O) groups excluding carboxylic acids is 2.